The number of fused-ring (bicyclic) bond motifs is 1. The molecule has 2 atom stereocenters. The summed E-state index contributed by atoms with van der Waals surface area (Å²) in [5.41, 5.74) is 7.07. The van der Waals surface area contributed by atoms with Gasteiger partial charge in [0.25, 0.3) is 0 Å². The first kappa shape index (κ1) is 11.7. The van der Waals surface area contributed by atoms with E-state index in [-0.39, 0.29) is 5.91 Å². The lowest BCUT2D eigenvalue weighted by Crippen LogP contribution is -2.25. The highest BCUT2D eigenvalue weighted by molar-refractivity contribution is 5.92. The van der Waals surface area contributed by atoms with Gasteiger partial charge in [-0.05, 0) is 42.6 Å². The van der Waals surface area contributed by atoms with Crippen LogP contribution in [-0.2, 0) is 6.54 Å². The molecule has 2 aliphatic rings. The zero-order valence-electron chi connectivity index (χ0n) is 10.4. The Bertz CT molecular complexity index is 431. The van der Waals surface area contributed by atoms with E-state index >= 15 is 0 Å². The molecule has 2 saturated heterocycles. The van der Waals surface area contributed by atoms with E-state index in [0.29, 0.717) is 5.56 Å². The van der Waals surface area contributed by atoms with Crippen molar-refractivity contribution in [2.75, 3.05) is 26.2 Å². The normalized spacial score (nSPS) is 27.3. The van der Waals surface area contributed by atoms with Crippen LogP contribution >= 0.6 is 0 Å². The minimum absolute atomic E-state index is 0.358. The van der Waals surface area contributed by atoms with Crippen molar-refractivity contribution in [2.45, 2.75) is 6.54 Å². The van der Waals surface area contributed by atoms with Crippen LogP contribution in [0.1, 0.15) is 15.9 Å². The molecule has 4 nitrogen and oxygen atoms in total. The van der Waals surface area contributed by atoms with Gasteiger partial charge >= 0.3 is 0 Å². The minimum atomic E-state index is -0.358. The average Bonchev–Trinajstić information content (AvgIpc) is 2.90. The molecule has 0 radical (unpaired) electrons. The highest BCUT2D eigenvalue weighted by atomic mass is 16.1. The van der Waals surface area contributed by atoms with Crippen LogP contribution in [0.15, 0.2) is 24.3 Å². The van der Waals surface area contributed by atoms with Gasteiger partial charge in [-0.1, -0.05) is 12.1 Å². The molecule has 0 aromatic heterocycles. The summed E-state index contributed by atoms with van der Waals surface area (Å²) in [4.78, 5) is 13.5. The number of likely N-dealkylation sites (tertiary alicyclic amines) is 1. The fourth-order valence-corrected chi connectivity index (χ4v) is 3.11. The van der Waals surface area contributed by atoms with Crippen LogP contribution in [0.25, 0.3) is 0 Å². The Labute approximate surface area is 107 Å². The van der Waals surface area contributed by atoms with Crippen molar-refractivity contribution < 1.29 is 4.79 Å². The molecule has 18 heavy (non-hydrogen) atoms. The van der Waals surface area contributed by atoms with E-state index in [1.807, 2.05) is 24.3 Å². The molecule has 2 fully saturated rings. The third-order valence-electron chi connectivity index (χ3n) is 4.11. The smallest absolute Gasteiger partial charge is 0.248 e. The number of nitrogens with two attached hydrogens (primary N) is 1. The molecule has 4 heteroatoms. The number of rotatable bonds is 3. The van der Waals surface area contributed by atoms with Crippen LogP contribution in [0.4, 0.5) is 0 Å². The van der Waals surface area contributed by atoms with Crippen LogP contribution in [0.2, 0.25) is 0 Å². The zero-order valence-corrected chi connectivity index (χ0v) is 10.4. The van der Waals surface area contributed by atoms with Crippen molar-refractivity contribution in [3.8, 4) is 0 Å². The molecular formula is C14H19N3O. The SMILES string of the molecule is NC(=O)c1ccc(CN2C[C@H]3CNC[C@H]3C2)cc1. The number of carbonyl (C=O) groups is 1. The quantitative estimate of drug-likeness (QED) is 0.812. The summed E-state index contributed by atoms with van der Waals surface area (Å²) in [6.07, 6.45) is 0. The van der Waals surface area contributed by atoms with Gasteiger partial charge in [0, 0.05) is 25.2 Å². The molecule has 3 N–H and O–H groups in total. The fourth-order valence-electron chi connectivity index (χ4n) is 3.11. The van der Waals surface area contributed by atoms with E-state index < -0.39 is 0 Å². The second-order valence-electron chi connectivity index (χ2n) is 5.43. The van der Waals surface area contributed by atoms with E-state index in [9.17, 15) is 4.79 Å². The molecular weight excluding hydrogens is 226 g/mol. The van der Waals surface area contributed by atoms with Gasteiger partial charge in [0.15, 0.2) is 0 Å². The van der Waals surface area contributed by atoms with Crippen molar-refractivity contribution in [1.82, 2.24) is 10.2 Å². The number of hydrogen-bond donors (Lipinski definition) is 2. The molecule has 0 aliphatic carbocycles. The number of nitrogens with one attached hydrogen (secondary N) is 1. The molecule has 0 spiro atoms. The topological polar surface area (TPSA) is 58.4 Å². The Morgan fingerprint density at radius 3 is 2.39 bits per heavy atom. The maximum absolute atomic E-state index is 11.0. The van der Waals surface area contributed by atoms with E-state index in [1.165, 1.54) is 31.7 Å². The van der Waals surface area contributed by atoms with Gasteiger partial charge in [-0.15, -0.1) is 0 Å². The molecule has 3 rings (SSSR count). The lowest BCUT2D eigenvalue weighted by atomic mass is 10.0. The summed E-state index contributed by atoms with van der Waals surface area (Å²) in [6.45, 7) is 5.69. The van der Waals surface area contributed by atoms with Gasteiger partial charge in [0.1, 0.15) is 0 Å². The summed E-state index contributed by atoms with van der Waals surface area (Å²) < 4.78 is 0. The van der Waals surface area contributed by atoms with Gasteiger partial charge in [-0.3, -0.25) is 9.69 Å². The highest BCUT2D eigenvalue weighted by Crippen LogP contribution is 2.27. The lowest BCUT2D eigenvalue weighted by Gasteiger charge is -2.17. The third kappa shape index (κ3) is 2.26. The van der Waals surface area contributed by atoms with Gasteiger partial charge in [0.2, 0.25) is 5.91 Å². The maximum atomic E-state index is 11.0. The predicted molar refractivity (Wildman–Crippen MR) is 70.1 cm³/mol. The minimum Gasteiger partial charge on any atom is -0.366 e. The summed E-state index contributed by atoms with van der Waals surface area (Å²) in [5, 5.41) is 3.45. The Kier molecular flexibility index (Phi) is 3.06. The number of hydrogen-bond acceptors (Lipinski definition) is 3. The van der Waals surface area contributed by atoms with Crippen molar-refractivity contribution in [3.05, 3.63) is 35.4 Å². The summed E-state index contributed by atoms with van der Waals surface area (Å²) >= 11 is 0. The fraction of sp³-hybridized carbons (Fsp3) is 0.500. The van der Waals surface area contributed by atoms with Crippen LogP contribution in [0, 0.1) is 11.8 Å². The van der Waals surface area contributed by atoms with E-state index in [4.69, 9.17) is 5.73 Å². The second kappa shape index (κ2) is 4.71. The second-order valence-corrected chi connectivity index (χ2v) is 5.43. The standard InChI is InChI=1S/C14H19N3O/c15-14(18)11-3-1-10(2-4-11)7-17-8-12-5-16-6-13(12)9-17/h1-4,12-13,16H,5-9H2,(H2,15,18)/t12-,13+. The first-order valence-electron chi connectivity index (χ1n) is 6.54. The Balaban J connectivity index is 1.61. The van der Waals surface area contributed by atoms with E-state index in [0.717, 1.165) is 18.4 Å². The van der Waals surface area contributed by atoms with Gasteiger partial charge in [-0.2, -0.15) is 0 Å². The van der Waals surface area contributed by atoms with Crippen LogP contribution < -0.4 is 11.1 Å². The zero-order chi connectivity index (χ0) is 12.5. The summed E-state index contributed by atoms with van der Waals surface area (Å²) in [7, 11) is 0. The lowest BCUT2D eigenvalue weighted by molar-refractivity contribution is 0.100. The number of primary amides is 1. The van der Waals surface area contributed by atoms with Gasteiger partial charge < -0.3 is 11.1 Å². The highest BCUT2D eigenvalue weighted by Gasteiger charge is 2.35. The molecule has 1 amide bonds. The Hall–Kier alpha value is -1.39. The molecule has 96 valence electrons. The first-order valence-corrected chi connectivity index (χ1v) is 6.54. The van der Waals surface area contributed by atoms with Crippen molar-refractivity contribution in [3.63, 3.8) is 0 Å². The molecule has 1 aromatic carbocycles. The molecule has 0 unspecified atom stereocenters. The average molecular weight is 245 g/mol. The molecule has 2 aliphatic heterocycles. The van der Waals surface area contributed by atoms with E-state index in [1.54, 1.807) is 0 Å². The monoisotopic (exact) mass is 245 g/mol. The Morgan fingerprint density at radius 1 is 1.22 bits per heavy atom. The van der Waals surface area contributed by atoms with Crippen LogP contribution in [0.3, 0.4) is 0 Å². The number of amides is 1. The molecule has 0 saturated carbocycles. The molecule has 0 bridgehead atoms. The number of benzene rings is 1. The largest absolute Gasteiger partial charge is 0.366 e. The predicted octanol–water partition coefficient (Wildman–Crippen LogP) is 0.437. The van der Waals surface area contributed by atoms with Gasteiger partial charge in [-0.25, -0.2) is 0 Å². The van der Waals surface area contributed by atoms with Gasteiger partial charge in [0.05, 0.1) is 0 Å². The summed E-state index contributed by atoms with van der Waals surface area (Å²) in [6, 6.07) is 7.64. The summed E-state index contributed by atoms with van der Waals surface area (Å²) in [5.74, 6) is 1.30. The maximum Gasteiger partial charge on any atom is 0.248 e. The van der Waals surface area contributed by atoms with Crippen molar-refractivity contribution in [2.24, 2.45) is 17.6 Å². The Morgan fingerprint density at radius 2 is 1.83 bits per heavy atom. The first-order chi connectivity index (χ1) is 8.72. The van der Waals surface area contributed by atoms with Crippen molar-refractivity contribution >= 4 is 5.91 Å². The molecule has 1 aromatic rings. The van der Waals surface area contributed by atoms with Crippen molar-refractivity contribution in [1.29, 1.82) is 0 Å². The van der Waals surface area contributed by atoms with Crippen LogP contribution in [-0.4, -0.2) is 37.0 Å². The molecule has 2 heterocycles. The van der Waals surface area contributed by atoms with Crippen LogP contribution in [0.5, 0.6) is 0 Å². The number of nitrogens with zero attached hydrogens (tertiary/aromatic N) is 1. The van der Waals surface area contributed by atoms with E-state index in [2.05, 4.69) is 10.2 Å². The number of carbonyl (C=O) groups excluding carboxylic acids is 1. The third-order valence-corrected chi connectivity index (χ3v) is 4.11.